The van der Waals surface area contributed by atoms with E-state index in [4.69, 9.17) is 5.73 Å². The topological polar surface area (TPSA) is 60.2 Å². The van der Waals surface area contributed by atoms with E-state index in [1.165, 1.54) is 0 Å². The minimum atomic E-state index is -1.06. The summed E-state index contributed by atoms with van der Waals surface area (Å²) in [5.41, 5.74) is 5.42. The van der Waals surface area contributed by atoms with Crippen LogP contribution in [-0.2, 0) is 3.74 Å². The van der Waals surface area contributed by atoms with Crippen LogP contribution in [0.2, 0.25) is 0 Å². The van der Waals surface area contributed by atoms with Crippen molar-refractivity contribution >= 4 is 25.9 Å². The third-order valence-corrected chi connectivity index (χ3v) is 2.26. The molecule has 0 fully saturated rings. The molecule has 1 amide bonds. The predicted octanol–water partition coefficient (Wildman–Crippen LogP) is -0.540. The third kappa shape index (κ3) is 1.99. The number of rotatable bonds is 2. The summed E-state index contributed by atoms with van der Waals surface area (Å²) in [6, 6.07) is 6.53. The predicted molar refractivity (Wildman–Crippen MR) is 41.0 cm³/mol. The molecule has 0 bridgehead atoms. The Labute approximate surface area is 70.5 Å². The van der Waals surface area contributed by atoms with Gasteiger partial charge in [0.1, 0.15) is 0 Å². The number of carbonyl (C=O) groups is 1. The second kappa shape index (κ2) is 3.44. The van der Waals surface area contributed by atoms with Crippen molar-refractivity contribution in [3.05, 3.63) is 29.8 Å². The van der Waals surface area contributed by atoms with E-state index < -0.39 is 21.6 Å². The van der Waals surface area contributed by atoms with Gasteiger partial charge in [-0.15, -0.1) is 0 Å². The molecule has 0 unspecified atom stereocenters. The van der Waals surface area contributed by atoms with Crippen LogP contribution in [0.15, 0.2) is 24.3 Å². The molecule has 1 rings (SSSR count). The molecule has 1 aromatic carbocycles. The molecule has 3 nitrogen and oxygen atoms in total. The molecule has 0 saturated heterocycles. The van der Waals surface area contributed by atoms with E-state index in [-0.39, 0.29) is 0 Å². The summed E-state index contributed by atoms with van der Waals surface area (Å²) in [6.45, 7) is 0. The SMILES string of the molecule is NC(=O)c1cccc([As]=O)c1. The summed E-state index contributed by atoms with van der Waals surface area (Å²) in [6.07, 6.45) is 0. The fourth-order valence-electron chi connectivity index (χ4n) is 0.716. The second-order valence-electron chi connectivity index (χ2n) is 2.01. The van der Waals surface area contributed by atoms with Crippen molar-refractivity contribution in [3.8, 4) is 0 Å². The summed E-state index contributed by atoms with van der Waals surface area (Å²) in [7, 11) is 0. The number of primary amides is 1. The van der Waals surface area contributed by atoms with Crippen molar-refractivity contribution < 1.29 is 8.53 Å². The Kier molecular flexibility index (Phi) is 2.55. The number of benzene rings is 1. The summed E-state index contributed by atoms with van der Waals surface area (Å²) in [4.78, 5) is 10.6. The number of nitrogens with two attached hydrogens (primary N) is 1. The molecular weight excluding hydrogens is 205 g/mol. The van der Waals surface area contributed by atoms with Crippen LogP contribution in [0.1, 0.15) is 10.4 Å². The van der Waals surface area contributed by atoms with E-state index in [1.54, 1.807) is 24.3 Å². The first-order valence-corrected chi connectivity index (χ1v) is 4.67. The van der Waals surface area contributed by atoms with Gasteiger partial charge in [0.05, 0.1) is 0 Å². The third-order valence-electron chi connectivity index (χ3n) is 1.24. The van der Waals surface area contributed by atoms with Crippen molar-refractivity contribution in [1.29, 1.82) is 0 Å². The molecule has 56 valence electrons. The monoisotopic (exact) mass is 211 g/mol. The first-order valence-electron chi connectivity index (χ1n) is 2.97. The Balaban J connectivity index is 3.10. The Morgan fingerprint density at radius 1 is 1.45 bits per heavy atom. The Morgan fingerprint density at radius 3 is 2.73 bits per heavy atom. The van der Waals surface area contributed by atoms with Crippen LogP contribution in [-0.4, -0.2) is 21.6 Å². The van der Waals surface area contributed by atoms with Gasteiger partial charge in [-0.05, 0) is 0 Å². The van der Waals surface area contributed by atoms with Gasteiger partial charge < -0.3 is 0 Å². The molecule has 0 aliphatic carbocycles. The van der Waals surface area contributed by atoms with Crippen LogP contribution in [0.3, 0.4) is 0 Å². The van der Waals surface area contributed by atoms with Gasteiger partial charge in [0, 0.05) is 0 Å². The van der Waals surface area contributed by atoms with Gasteiger partial charge in [-0.2, -0.15) is 0 Å². The van der Waals surface area contributed by atoms with E-state index in [0.29, 0.717) is 9.91 Å². The first kappa shape index (κ1) is 8.15. The van der Waals surface area contributed by atoms with E-state index in [0.717, 1.165) is 0 Å². The molecule has 0 spiro atoms. The van der Waals surface area contributed by atoms with Crippen LogP contribution < -0.4 is 10.1 Å². The van der Waals surface area contributed by atoms with Crippen LogP contribution in [0.5, 0.6) is 0 Å². The zero-order valence-corrected chi connectivity index (χ0v) is 7.53. The number of amides is 1. The fourth-order valence-corrected chi connectivity index (χ4v) is 1.43. The minimum absolute atomic E-state index is 0.411. The molecule has 0 aromatic heterocycles. The number of hydrogen-bond acceptors (Lipinski definition) is 2. The Morgan fingerprint density at radius 2 is 2.18 bits per heavy atom. The van der Waals surface area contributed by atoms with Crippen LogP contribution in [0.25, 0.3) is 0 Å². The normalized spacial score (nSPS) is 9.82. The maximum atomic E-state index is 10.6. The Bertz CT molecular complexity index is 298. The Hall–Kier alpha value is -0.952. The van der Waals surface area contributed by atoms with Crippen molar-refractivity contribution in [2.24, 2.45) is 5.73 Å². The summed E-state index contributed by atoms with van der Waals surface area (Å²) < 4.78 is 11.1. The van der Waals surface area contributed by atoms with E-state index in [9.17, 15) is 8.53 Å². The van der Waals surface area contributed by atoms with Crippen molar-refractivity contribution in [1.82, 2.24) is 0 Å². The molecule has 0 heterocycles. The molecule has 0 aliphatic rings. The molecule has 0 radical (unpaired) electrons. The van der Waals surface area contributed by atoms with Crippen LogP contribution in [0.4, 0.5) is 0 Å². The average Bonchev–Trinajstić information content (AvgIpc) is 2.05. The zero-order valence-electron chi connectivity index (χ0n) is 5.65. The molecular formula is C7H6AsNO2. The second-order valence-corrected chi connectivity index (χ2v) is 3.47. The first-order chi connectivity index (χ1) is 5.24. The van der Waals surface area contributed by atoms with Crippen LogP contribution >= 0.6 is 0 Å². The molecule has 0 aliphatic heterocycles. The fraction of sp³-hybridized carbons (Fsp3) is 0. The molecule has 0 saturated carbocycles. The van der Waals surface area contributed by atoms with Gasteiger partial charge in [0.15, 0.2) is 0 Å². The van der Waals surface area contributed by atoms with Gasteiger partial charge in [-0.1, -0.05) is 0 Å². The average molecular weight is 211 g/mol. The molecule has 2 N–H and O–H groups in total. The maximum absolute atomic E-state index is 10.6. The van der Waals surface area contributed by atoms with E-state index in [2.05, 4.69) is 0 Å². The number of carbonyl (C=O) groups excluding carboxylic acids is 1. The van der Waals surface area contributed by atoms with Crippen molar-refractivity contribution in [3.63, 3.8) is 0 Å². The molecule has 11 heavy (non-hydrogen) atoms. The number of hydrogen-bond donors (Lipinski definition) is 1. The summed E-state index contributed by atoms with van der Waals surface area (Å²) in [5.74, 6) is -0.485. The molecule has 0 atom stereocenters. The zero-order chi connectivity index (χ0) is 8.27. The van der Waals surface area contributed by atoms with Crippen molar-refractivity contribution in [2.75, 3.05) is 0 Å². The molecule has 4 heteroatoms. The standard InChI is InChI=1S/C7H6AsNO2/c9-7(10)5-2-1-3-6(4-5)8-11/h1-4H,(H2,9,10). The van der Waals surface area contributed by atoms with Gasteiger partial charge in [-0.3, -0.25) is 0 Å². The van der Waals surface area contributed by atoms with Crippen molar-refractivity contribution in [2.45, 2.75) is 0 Å². The van der Waals surface area contributed by atoms with Gasteiger partial charge >= 0.3 is 70.0 Å². The van der Waals surface area contributed by atoms with Gasteiger partial charge in [-0.25, -0.2) is 0 Å². The molecule has 1 aromatic rings. The quantitative estimate of drug-likeness (QED) is 0.668. The van der Waals surface area contributed by atoms with E-state index >= 15 is 0 Å². The van der Waals surface area contributed by atoms with Gasteiger partial charge in [0.25, 0.3) is 0 Å². The van der Waals surface area contributed by atoms with E-state index in [1.807, 2.05) is 0 Å². The summed E-state index contributed by atoms with van der Waals surface area (Å²) in [5, 5.41) is 0. The summed E-state index contributed by atoms with van der Waals surface area (Å²) >= 11 is -1.06. The van der Waals surface area contributed by atoms with Gasteiger partial charge in [0.2, 0.25) is 0 Å². The van der Waals surface area contributed by atoms with Crippen LogP contribution in [0, 0.1) is 0 Å².